The van der Waals surface area contributed by atoms with E-state index in [4.69, 9.17) is 5.21 Å². The van der Waals surface area contributed by atoms with Crippen LogP contribution in [0, 0.1) is 0 Å². The van der Waals surface area contributed by atoms with E-state index in [2.05, 4.69) is 90.0 Å². The quantitative estimate of drug-likeness (QED) is 0.145. The van der Waals surface area contributed by atoms with E-state index in [-0.39, 0.29) is 0 Å². The molecule has 2 aromatic heterocycles. The van der Waals surface area contributed by atoms with Crippen LogP contribution in [0.5, 0.6) is 0 Å². The number of carboxylic acid groups (broad SMARTS) is 1. The molecule has 0 fully saturated rings. The first-order valence-corrected chi connectivity index (χ1v) is 16.2. The summed E-state index contributed by atoms with van der Waals surface area (Å²) in [5, 5.41) is 23.6. The molecule has 0 saturated heterocycles. The molecule has 48 heavy (non-hydrogen) atoms. The fourth-order valence-corrected chi connectivity index (χ4v) is 6.78. The molecule has 0 aliphatic carbocycles. The highest BCUT2D eigenvalue weighted by molar-refractivity contribution is 5.88. The number of aromatic carboxylic acids is 1. The average Bonchev–Trinajstić information content (AvgIpc) is 3.78. The first kappa shape index (κ1) is 30.6. The molecule has 0 spiro atoms. The molecule has 7 heteroatoms. The van der Waals surface area contributed by atoms with Crippen LogP contribution in [0.25, 0.3) is 22.5 Å². The predicted molar refractivity (Wildman–Crippen MR) is 188 cm³/mol. The lowest BCUT2D eigenvalue weighted by molar-refractivity contribution is 0.0684. The minimum Gasteiger partial charge on any atom is -0.477 e. The van der Waals surface area contributed by atoms with E-state index in [0.29, 0.717) is 18.1 Å². The third-order valence-electron chi connectivity index (χ3n) is 8.92. The highest BCUT2D eigenvalue weighted by Crippen LogP contribution is 2.43. The van der Waals surface area contributed by atoms with Crippen molar-refractivity contribution in [1.82, 2.24) is 24.8 Å². The lowest BCUT2D eigenvalue weighted by atomic mass is 9.77. The molecule has 236 valence electrons. The molecule has 0 amide bonds. The maximum absolute atomic E-state index is 12.1. The first-order valence-electron chi connectivity index (χ1n) is 16.2. The first-order chi connectivity index (χ1) is 23.6. The molecule has 0 radical (unpaired) electrons. The zero-order valence-electron chi connectivity index (χ0n) is 26.6. The van der Waals surface area contributed by atoms with E-state index in [0.717, 1.165) is 57.3 Å². The van der Waals surface area contributed by atoms with Gasteiger partial charge in [0, 0.05) is 18.3 Å². The molecular weight excluding hydrogens is 594 g/mol. The topological polar surface area (TPSA) is 85.8 Å². The van der Waals surface area contributed by atoms with Crippen LogP contribution in [0.4, 0.5) is 0 Å². The molecule has 5 aromatic carbocycles. The van der Waals surface area contributed by atoms with Crippen LogP contribution < -0.4 is 0 Å². The number of hydrogen-bond donors (Lipinski definition) is 1. The average molecular weight is 630 g/mol. The van der Waals surface area contributed by atoms with Crippen LogP contribution in [0.3, 0.4) is 0 Å². The third kappa shape index (κ3) is 5.49. The Labute approximate surface area is 279 Å². The van der Waals surface area contributed by atoms with Gasteiger partial charge in [0.1, 0.15) is 11.2 Å². The maximum atomic E-state index is 12.1. The predicted octanol–water partition coefficient (Wildman–Crippen LogP) is 8.35. The van der Waals surface area contributed by atoms with Gasteiger partial charge in [0.05, 0.1) is 0 Å². The summed E-state index contributed by atoms with van der Waals surface area (Å²) in [5.74, 6) is -0.266. The Balaban J connectivity index is 1.34. The molecule has 0 aliphatic rings. The summed E-state index contributed by atoms with van der Waals surface area (Å²) in [6.07, 6.45) is 3.50. The van der Waals surface area contributed by atoms with Crippen molar-refractivity contribution in [2.45, 2.75) is 31.8 Å². The van der Waals surface area contributed by atoms with Gasteiger partial charge in [-0.15, -0.1) is 5.10 Å². The second-order valence-electron chi connectivity index (χ2n) is 11.8. The van der Waals surface area contributed by atoms with Crippen molar-refractivity contribution in [2.75, 3.05) is 0 Å². The van der Waals surface area contributed by atoms with Crippen LogP contribution in [0.15, 0.2) is 152 Å². The Bertz CT molecular complexity index is 2040. The van der Waals surface area contributed by atoms with Crippen LogP contribution in [-0.2, 0) is 18.5 Å². The Hall–Kier alpha value is -6.08. The highest BCUT2D eigenvalue weighted by Gasteiger charge is 2.42. The van der Waals surface area contributed by atoms with E-state index in [9.17, 15) is 9.90 Å². The number of carboxylic acids is 1. The molecule has 1 N–H and O–H groups in total. The lowest BCUT2D eigenvalue weighted by Crippen LogP contribution is -2.39. The summed E-state index contributed by atoms with van der Waals surface area (Å²) >= 11 is 0. The second kappa shape index (κ2) is 13.3. The standard InChI is InChI=1S/C41H35N5O2/c1-2-14-32-27-28-45(38(32)40(47)48)29-30-23-25-31(26-24-30)36-21-12-13-22-37(36)39-42-43-44-46(39)41(33-15-6-3-7-16-33,34-17-8-4-9-18-34)35-19-10-5-11-20-35/h3-13,15-28H,2,14,29H2,1H3,(H,47,48). The van der Waals surface area contributed by atoms with Crippen LogP contribution in [-0.4, -0.2) is 35.9 Å². The minimum absolute atomic E-state index is 0.358. The summed E-state index contributed by atoms with van der Waals surface area (Å²) in [7, 11) is 0. The second-order valence-corrected chi connectivity index (χ2v) is 11.8. The number of hydrogen-bond acceptors (Lipinski definition) is 4. The largest absolute Gasteiger partial charge is 0.477 e. The fraction of sp³-hybridized carbons (Fsp3) is 0.122. The lowest BCUT2D eigenvalue weighted by Gasteiger charge is -2.36. The van der Waals surface area contributed by atoms with Gasteiger partial charge in [-0.3, -0.25) is 0 Å². The van der Waals surface area contributed by atoms with Crippen molar-refractivity contribution in [1.29, 1.82) is 0 Å². The number of aryl methyl sites for hydroxylation is 1. The fourth-order valence-electron chi connectivity index (χ4n) is 6.78. The monoisotopic (exact) mass is 629 g/mol. The van der Waals surface area contributed by atoms with E-state index < -0.39 is 11.5 Å². The highest BCUT2D eigenvalue weighted by atomic mass is 16.4. The Morgan fingerprint density at radius 1 is 0.688 bits per heavy atom. The van der Waals surface area contributed by atoms with Gasteiger partial charge in [-0.25, -0.2) is 9.48 Å². The molecule has 7 nitrogen and oxygen atoms in total. The zero-order chi connectivity index (χ0) is 32.9. The number of benzene rings is 5. The van der Waals surface area contributed by atoms with Crippen molar-refractivity contribution in [3.63, 3.8) is 0 Å². The number of carbonyl (C=O) groups is 1. The van der Waals surface area contributed by atoms with Gasteiger partial charge in [0.15, 0.2) is 5.82 Å². The Morgan fingerprint density at radius 2 is 1.23 bits per heavy atom. The van der Waals surface area contributed by atoms with Crippen LogP contribution >= 0.6 is 0 Å². The van der Waals surface area contributed by atoms with Gasteiger partial charge in [-0.1, -0.05) is 153 Å². The van der Waals surface area contributed by atoms with Crippen molar-refractivity contribution in [3.8, 4) is 22.5 Å². The van der Waals surface area contributed by atoms with E-state index >= 15 is 0 Å². The van der Waals surface area contributed by atoms with E-state index in [1.54, 1.807) is 0 Å². The van der Waals surface area contributed by atoms with Gasteiger partial charge in [-0.2, -0.15) is 0 Å². The zero-order valence-corrected chi connectivity index (χ0v) is 26.6. The normalized spacial score (nSPS) is 11.4. The van der Waals surface area contributed by atoms with Crippen LogP contribution in [0.2, 0.25) is 0 Å². The minimum atomic E-state index is -0.899. The SMILES string of the molecule is CCCc1ccn(Cc2ccc(-c3ccccc3-c3nnnn3C(c3ccccc3)(c3ccccc3)c3ccccc3)cc2)c1C(=O)O. The van der Waals surface area contributed by atoms with Gasteiger partial charge < -0.3 is 9.67 Å². The third-order valence-corrected chi connectivity index (χ3v) is 8.92. The molecule has 0 saturated carbocycles. The molecule has 7 rings (SSSR count). The van der Waals surface area contributed by atoms with Gasteiger partial charge >= 0.3 is 5.97 Å². The van der Waals surface area contributed by atoms with Crippen molar-refractivity contribution >= 4 is 5.97 Å². The van der Waals surface area contributed by atoms with Gasteiger partial charge in [0.2, 0.25) is 0 Å². The Kier molecular flexibility index (Phi) is 8.49. The Morgan fingerprint density at radius 3 is 1.77 bits per heavy atom. The van der Waals surface area contributed by atoms with Crippen molar-refractivity contribution in [3.05, 3.63) is 185 Å². The summed E-state index contributed by atoms with van der Waals surface area (Å²) in [6, 6.07) is 49.5. The molecular formula is C41H35N5O2. The van der Waals surface area contributed by atoms with Crippen LogP contribution in [0.1, 0.15) is 51.7 Å². The summed E-state index contributed by atoms with van der Waals surface area (Å²) in [5.41, 5.74) is 7.36. The number of tetrazole rings is 1. The molecule has 0 bridgehead atoms. The molecule has 0 atom stereocenters. The van der Waals surface area contributed by atoms with Gasteiger partial charge in [0.25, 0.3) is 0 Å². The molecule has 0 unspecified atom stereocenters. The molecule has 2 heterocycles. The maximum Gasteiger partial charge on any atom is 0.352 e. The number of rotatable bonds is 11. The van der Waals surface area contributed by atoms with Crippen molar-refractivity contribution in [2.24, 2.45) is 0 Å². The van der Waals surface area contributed by atoms with Gasteiger partial charge in [-0.05, 0) is 61.9 Å². The smallest absolute Gasteiger partial charge is 0.352 e. The molecule has 7 aromatic rings. The summed E-state index contributed by atoms with van der Waals surface area (Å²) < 4.78 is 3.77. The summed E-state index contributed by atoms with van der Waals surface area (Å²) in [4.78, 5) is 12.1. The summed E-state index contributed by atoms with van der Waals surface area (Å²) in [6.45, 7) is 2.53. The van der Waals surface area contributed by atoms with E-state index in [1.807, 2.05) is 88.2 Å². The molecule has 0 aliphatic heterocycles. The number of aromatic nitrogens is 5. The van der Waals surface area contributed by atoms with E-state index in [1.165, 1.54) is 0 Å². The number of nitrogens with zero attached hydrogens (tertiary/aromatic N) is 5. The van der Waals surface area contributed by atoms with Crippen molar-refractivity contribution < 1.29 is 9.90 Å².